The number of carbonyl (C=O) groups excluding carboxylic acids is 1. The number of aliphatic carboxylic acids is 1. The number of carboxylic acid groups (broad SMARTS) is 1. The van der Waals surface area contributed by atoms with Crippen LogP contribution in [0.5, 0.6) is 0 Å². The van der Waals surface area contributed by atoms with E-state index in [-0.39, 0.29) is 24.3 Å². The first-order valence-electron chi connectivity index (χ1n) is 6.89. The number of ether oxygens (including phenoxy) is 1. The predicted octanol–water partition coefficient (Wildman–Crippen LogP) is 2.37. The maximum absolute atomic E-state index is 11.9. The summed E-state index contributed by atoms with van der Waals surface area (Å²) >= 11 is 1.54. The third kappa shape index (κ3) is 7.24. The number of carbonyl (C=O) groups is 2. The second kappa shape index (κ2) is 7.56. The van der Waals surface area contributed by atoms with E-state index in [1.165, 1.54) is 11.3 Å². The second-order valence-corrected chi connectivity index (χ2v) is 7.27. The van der Waals surface area contributed by atoms with E-state index in [9.17, 15) is 9.59 Å². The van der Waals surface area contributed by atoms with Gasteiger partial charge in [0.2, 0.25) is 5.91 Å². The fraction of sp³-hybridized carbons (Fsp3) is 0.600. The summed E-state index contributed by atoms with van der Waals surface area (Å²) in [5.41, 5.74) is -0.318. The molecule has 0 aliphatic rings. The van der Waals surface area contributed by atoms with Crippen molar-refractivity contribution >= 4 is 23.2 Å². The Morgan fingerprint density at radius 1 is 1.38 bits per heavy atom. The van der Waals surface area contributed by atoms with E-state index in [1.807, 2.05) is 39.8 Å². The van der Waals surface area contributed by atoms with Crippen LogP contribution in [0.3, 0.4) is 0 Å². The van der Waals surface area contributed by atoms with Crippen LogP contribution in [-0.2, 0) is 20.7 Å². The van der Waals surface area contributed by atoms with Crippen molar-refractivity contribution in [3.63, 3.8) is 0 Å². The molecule has 6 heteroatoms. The molecule has 1 heterocycles. The number of nitrogens with one attached hydrogen (secondary N) is 1. The lowest BCUT2D eigenvalue weighted by atomic mass is 10.1. The zero-order valence-corrected chi connectivity index (χ0v) is 13.8. The average Bonchev–Trinajstić information content (AvgIpc) is 2.71. The fourth-order valence-corrected chi connectivity index (χ4v) is 2.61. The zero-order valence-electron chi connectivity index (χ0n) is 12.9. The van der Waals surface area contributed by atoms with Gasteiger partial charge in [0, 0.05) is 22.8 Å². The summed E-state index contributed by atoms with van der Waals surface area (Å²) in [6.45, 7) is 7.97. The van der Waals surface area contributed by atoms with Gasteiger partial charge in [0.25, 0.3) is 0 Å². The van der Waals surface area contributed by atoms with Gasteiger partial charge in [-0.1, -0.05) is 0 Å². The molecule has 2 N–H and O–H groups in total. The number of carboxylic acids is 1. The standard InChI is InChI=1S/C15H23NO4S/c1-10-5-6-11(21-10)9-13(17)16-12(14(18)19)7-8-20-15(2,3)4/h5-6,12H,7-9H2,1-4H3,(H,16,17)(H,18,19). The molecule has 0 aliphatic carbocycles. The molecule has 0 spiro atoms. The van der Waals surface area contributed by atoms with Crippen LogP contribution in [0, 0.1) is 6.92 Å². The molecule has 0 aliphatic heterocycles. The van der Waals surface area contributed by atoms with Crippen molar-refractivity contribution in [2.45, 2.75) is 52.2 Å². The molecule has 0 saturated carbocycles. The number of hydrogen-bond donors (Lipinski definition) is 2. The largest absolute Gasteiger partial charge is 0.480 e. The smallest absolute Gasteiger partial charge is 0.326 e. The molecule has 0 bridgehead atoms. The van der Waals surface area contributed by atoms with Crippen LogP contribution in [0.25, 0.3) is 0 Å². The number of hydrogen-bond acceptors (Lipinski definition) is 4. The van der Waals surface area contributed by atoms with E-state index in [2.05, 4.69) is 5.32 Å². The van der Waals surface area contributed by atoms with Gasteiger partial charge in [-0.2, -0.15) is 0 Å². The van der Waals surface area contributed by atoms with E-state index in [0.29, 0.717) is 6.61 Å². The maximum Gasteiger partial charge on any atom is 0.326 e. The van der Waals surface area contributed by atoms with Crippen LogP contribution in [-0.4, -0.2) is 35.2 Å². The van der Waals surface area contributed by atoms with Crippen molar-refractivity contribution in [2.24, 2.45) is 0 Å². The molecule has 21 heavy (non-hydrogen) atoms. The zero-order chi connectivity index (χ0) is 16.0. The summed E-state index contributed by atoms with van der Waals surface area (Å²) in [6, 6.07) is 2.91. The molecule has 1 aromatic rings. The molecule has 118 valence electrons. The van der Waals surface area contributed by atoms with E-state index in [0.717, 1.165) is 9.75 Å². The van der Waals surface area contributed by atoms with Crippen LogP contribution in [0.1, 0.15) is 36.9 Å². The first-order chi connectivity index (χ1) is 9.67. The van der Waals surface area contributed by atoms with E-state index in [4.69, 9.17) is 9.84 Å². The monoisotopic (exact) mass is 313 g/mol. The Morgan fingerprint density at radius 3 is 2.52 bits per heavy atom. The molecule has 1 atom stereocenters. The normalized spacial score (nSPS) is 13.0. The Kier molecular flexibility index (Phi) is 6.36. The topological polar surface area (TPSA) is 75.6 Å². The molecule has 0 fully saturated rings. The highest BCUT2D eigenvalue weighted by molar-refractivity contribution is 7.12. The van der Waals surface area contributed by atoms with E-state index >= 15 is 0 Å². The second-order valence-electron chi connectivity index (χ2n) is 5.90. The van der Waals surface area contributed by atoms with Gasteiger partial charge >= 0.3 is 5.97 Å². The number of aryl methyl sites for hydroxylation is 1. The Hall–Kier alpha value is -1.40. The maximum atomic E-state index is 11.9. The van der Waals surface area contributed by atoms with Crippen molar-refractivity contribution < 1.29 is 19.4 Å². The highest BCUT2D eigenvalue weighted by Gasteiger charge is 2.21. The van der Waals surface area contributed by atoms with Crippen LogP contribution >= 0.6 is 11.3 Å². The van der Waals surface area contributed by atoms with Crippen molar-refractivity contribution in [2.75, 3.05) is 6.61 Å². The summed E-state index contributed by atoms with van der Waals surface area (Å²) in [7, 11) is 0. The SMILES string of the molecule is Cc1ccc(CC(=O)NC(CCOC(C)(C)C)C(=O)O)s1. The molecule has 0 radical (unpaired) electrons. The van der Waals surface area contributed by atoms with Crippen molar-refractivity contribution in [1.29, 1.82) is 0 Å². The lowest BCUT2D eigenvalue weighted by Crippen LogP contribution is -2.42. The number of rotatable bonds is 7. The molecule has 0 aromatic carbocycles. The third-order valence-corrected chi connectivity index (χ3v) is 3.71. The molecular formula is C15H23NO4S. The number of thiophene rings is 1. The number of amides is 1. The van der Waals surface area contributed by atoms with Crippen LogP contribution in [0.4, 0.5) is 0 Å². The van der Waals surface area contributed by atoms with Gasteiger partial charge in [-0.25, -0.2) is 4.79 Å². The molecule has 1 amide bonds. The Bertz CT molecular complexity index is 490. The highest BCUT2D eigenvalue weighted by Crippen LogP contribution is 2.15. The van der Waals surface area contributed by atoms with Crippen LogP contribution < -0.4 is 5.32 Å². The molecular weight excluding hydrogens is 290 g/mol. The summed E-state index contributed by atoms with van der Waals surface area (Å²) in [6.07, 6.45) is 0.463. The first-order valence-corrected chi connectivity index (χ1v) is 7.70. The Morgan fingerprint density at radius 2 is 2.05 bits per heavy atom. The molecule has 0 saturated heterocycles. The minimum absolute atomic E-state index is 0.211. The lowest BCUT2D eigenvalue weighted by molar-refractivity contribution is -0.142. The average molecular weight is 313 g/mol. The lowest BCUT2D eigenvalue weighted by Gasteiger charge is -2.21. The molecule has 1 unspecified atom stereocenters. The third-order valence-electron chi connectivity index (χ3n) is 2.71. The van der Waals surface area contributed by atoms with Gasteiger partial charge in [0.05, 0.1) is 12.0 Å². The quantitative estimate of drug-likeness (QED) is 0.810. The fourth-order valence-electron chi connectivity index (χ4n) is 1.72. The minimum atomic E-state index is -1.04. The van der Waals surface area contributed by atoms with Gasteiger partial charge in [0.15, 0.2) is 0 Å². The van der Waals surface area contributed by atoms with Crippen molar-refractivity contribution in [3.05, 3.63) is 21.9 Å². The van der Waals surface area contributed by atoms with E-state index < -0.39 is 12.0 Å². The Balaban J connectivity index is 2.46. The van der Waals surface area contributed by atoms with Crippen molar-refractivity contribution in [3.8, 4) is 0 Å². The summed E-state index contributed by atoms with van der Waals surface area (Å²) in [5.74, 6) is -1.32. The van der Waals surface area contributed by atoms with Gasteiger partial charge in [0.1, 0.15) is 6.04 Å². The van der Waals surface area contributed by atoms with Gasteiger partial charge < -0.3 is 15.2 Å². The van der Waals surface area contributed by atoms with Crippen molar-refractivity contribution in [1.82, 2.24) is 5.32 Å². The van der Waals surface area contributed by atoms with Gasteiger partial charge in [-0.05, 0) is 39.8 Å². The Labute approximate surface area is 129 Å². The minimum Gasteiger partial charge on any atom is -0.480 e. The van der Waals surface area contributed by atoms with Gasteiger partial charge in [-0.3, -0.25) is 4.79 Å². The highest BCUT2D eigenvalue weighted by atomic mass is 32.1. The molecule has 1 aromatic heterocycles. The van der Waals surface area contributed by atoms with Crippen LogP contribution in [0.2, 0.25) is 0 Å². The summed E-state index contributed by atoms with van der Waals surface area (Å²) in [4.78, 5) is 25.1. The van der Waals surface area contributed by atoms with E-state index in [1.54, 1.807) is 0 Å². The summed E-state index contributed by atoms with van der Waals surface area (Å²) < 4.78 is 5.50. The van der Waals surface area contributed by atoms with Gasteiger partial charge in [-0.15, -0.1) is 11.3 Å². The first kappa shape index (κ1) is 17.7. The molecule has 5 nitrogen and oxygen atoms in total. The van der Waals surface area contributed by atoms with Crippen LogP contribution in [0.15, 0.2) is 12.1 Å². The molecule has 1 rings (SSSR count). The summed E-state index contributed by atoms with van der Waals surface area (Å²) in [5, 5.41) is 11.7. The predicted molar refractivity (Wildman–Crippen MR) is 82.6 cm³/mol.